The highest BCUT2D eigenvalue weighted by atomic mass is 32.1. The predicted octanol–water partition coefficient (Wildman–Crippen LogP) is 3.15. The van der Waals surface area contributed by atoms with Crippen molar-refractivity contribution in [2.45, 2.75) is 25.4 Å². The van der Waals surface area contributed by atoms with Crippen LogP contribution >= 0.6 is 11.3 Å². The third-order valence-electron chi connectivity index (χ3n) is 3.99. The smallest absolute Gasteiger partial charge is 0.223 e. The van der Waals surface area contributed by atoms with Crippen LogP contribution < -0.4 is 5.32 Å². The summed E-state index contributed by atoms with van der Waals surface area (Å²) in [4.78, 5) is 14.6. The second-order valence-corrected chi connectivity index (χ2v) is 7.00. The summed E-state index contributed by atoms with van der Waals surface area (Å²) >= 11 is 1.72. The van der Waals surface area contributed by atoms with Gasteiger partial charge in [-0.25, -0.2) is 4.39 Å². The lowest BCUT2D eigenvalue weighted by molar-refractivity contribution is -0.122. The van der Waals surface area contributed by atoms with Gasteiger partial charge in [-0.15, -0.1) is 11.3 Å². The molecule has 0 spiro atoms. The number of aliphatic hydroxyl groups excluding tert-OH is 1. The fourth-order valence-electron chi connectivity index (χ4n) is 2.64. The van der Waals surface area contributed by atoms with Gasteiger partial charge in [0, 0.05) is 33.7 Å². The number of hydrogen-bond acceptors (Lipinski definition) is 3. The van der Waals surface area contributed by atoms with Crippen LogP contribution in [0, 0.1) is 18.7 Å². The van der Waals surface area contributed by atoms with Crippen LogP contribution in [0.5, 0.6) is 0 Å². The van der Waals surface area contributed by atoms with Gasteiger partial charge in [0.1, 0.15) is 5.82 Å². The van der Waals surface area contributed by atoms with Gasteiger partial charge in [-0.2, -0.15) is 0 Å². The highest BCUT2D eigenvalue weighted by Crippen LogP contribution is 2.49. The molecule has 0 saturated heterocycles. The zero-order valence-corrected chi connectivity index (χ0v) is 13.1. The van der Waals surface area contributed by atoms with Crippen LogP contribution in [0.1, 0.15) is 33.8 Å². The standard InChI is InChI=1S/C17H18FNO2S/c1-10-6-7-16(22-10)12-8-13(12)17(21)19-9-15(20)11-4-2-3-5-14(11)18/h2-7,12-13,15,20H,8-9H2,1H3,(H,19,21). The lowest BCUT2D eigenvalue weighted by Crippen LogP contribution is -2.30. The highest BCUT2D eigenvalue weighted by Gasteiger charge is 2.44. The molecule has 2 aromatic rings. The Morgan fingerprint density at radius 2 is 2.18 bits per heavy atom. The molecule has 116 valence electrons. The Balaban J connectivity index is 1.52. The molecule has 3 nitrogen and oxygen atoms in total. The lowest BCUT2D eigenvalue weighted by Gasteiger charge is -2.13. The molecule has 1 saturated carbocycles. The molecule has 1 aromatic heterocycles. The number of aliphatic hydroxyl groups is 1. The van der Waals surface area contributed by atoms with Gasteiger partial charge in [0.2, 0.25) is 5.91 Å². The van der Waals surface area contributed by atoms with E-state index < -0.39 is 11.9 Å². The summed E-state index contributed by atoms with van der Waals surface area (Å²) in [5.74, 6) is -0.246. The summed E-state index contributed by atoms with van der Waals surface area (Å²) in [5, 5.41) is 12.7. The van der Waals surface area contributed by atoms with Gasteiger partial charge in [0.15, 0.2) is 0 Å². The largest absolute Gasteiger partial charge is 0.386 e. The minimum absolute atomic E-state index is 0.0223. The second-order valence-electron chi connectivity index (χ2n) is 5.68. The molecule has 2 N–H and O–H groups in total. The van der Waals surface area contributed by atoms with E-state index in [1.165, 1.54) is 21.9 Å². The van der Waals surface area contributed by atoms with Crippen LogP contribution in [0.25, 0.3) is 0 Å². The average Bonchev–Trinajstić information content (AvgIpc) is 3.20. The molecule has 1 amide bonds. The Hall–Kier alpha value is -1.72. The first kappa shape index (κ1) is 15.2. The van der Waals surface area contributed by atoms with Gasteiger partial charge < -0.3 is 10.4 Å². The number of aryl methyl sites for hydroxylation is 1. The number of carbonyl (C=O) groups is 1. The Kier molecular flexibility index (Phi) is 4.27. The van der Waals surface area contributed by atoms with Crippen molar-refractivity contribution < 1.29 is 14.3 Å². The molecule has 3 atom stereocenters. The third-order valence-corrected chi connectivity index (χ3v) is 5.12. The van der Waals surface area contributed by atoms with E-state index in [1.807, 2.05) is 0 Å². The average molecular weight is 319 g/mol. The summed E-state index contributed by atoms with van der Waals surface area (Å²) in [6.45, 7) is 2.09. The van der Waals surface area contributed by atoms with Crippen LogP contribution in [0.15, 0.2) is 36.4 Å². The summed E-state index contributed by atoms with van der Waals surface area (Å²) in [6, 6.07) is 10.2. The van der Waals surface area contributed by atoms with Gasteiger partial charge in [0.25, 0.3) is 0 Å². The van der Waals surface area contributed by atoms with Crippen LogP contribution in [0.4, 0.5) is 4.39 Å². The van der Waals surface area contributed by atoms with Crippen molar-refractivity contribution in [3.63, 3.8) is 0 Å². The van der Waals surface area contributed by atoms with Crippen molar-refractivity contribution in [3.8, 4) is 0 Å². The van der Waals surface area contributed by atoms with E-state index in [2.05, 4.69) is 24.4 Å². The van der Waals surface area contributed by atoms with Crippen LogP contribution in [-0.4, -0.2) is 17.6 Å². The predicted molar refractivity (Wildman–Crippen MR) is 84.3 cm³/mol. The number of thiophene rings is 1. The maximum absolute atomic E-state index is 13.5. The maximum Gasteiger partial charge on any atom is 0.223 e. The second kappa shape index (κ2) is 6.18. The first-order chi connectivity index (χ1) is 10.6. The number of carbonyl (C=O) groups excluding carboxylic acids is 1. The van der Waals surface area contributed by atoms with E-state index in [0.717, 1.165) is 6.42 Å². The molecule has 1 heterocycles. The van der Waals surface area contributed by atoms with Gasteiger partial charge in [-0.05, 0) is 31.5 Å². The number of rotatable bonds is 5. The molecular weight excluding hydrogens is 301 g/mol. The molecule has 0 radical (unpaired) electrons. The molecule has 1 aromatic carbocycles. The van der Waals surface area contributed by atoms with Gasteiger partial charge >= 0.3 is 0 Å². The van der Waals surface area contributed by atoms with Crippen molar-refractivity contribution in [1.29, 1.82) is 0 Å². The fourth-order valence-corrected chi connectivity index (χ4v) is 3.69. The van der Waals surface area contributed by atoms with E-state index in [9.17, 15) is 14.3 Å². The molecule has 0 bridgehead atoms. The van der Waals surface area contributed by atoms with E-state index >= 15 is 0 Å². The Morgan fingerprint density at radius 3 is 2.86 bits per heavy atom. The van der Waals surface area contributed by atoms with Crippen LogP contribution in [-0.2, 0) is 4.79 Å². The number of nitrogens with one attached hydrogen (secondary N) is 1. The molecule has 3 rings (SSSR count). The molecule has 1 fully saturated rings. The normalized spacial score (nSPS) is 21.4. The topological polar surface area (TPSA) is 49.3 Å². The summed E-state index contributed by atoms with van der Waals surface area (Å²) in [7, 11) is 0. The lowest BCUT2D eigenvalue weighted by atomic mass is 10.1. The first-order valence-electron chi connectivity index (χ1n) is 7.33. The zero-order chi connectivity index (χ0) is 15.7. The Labute approximate surface area is 132 Å². The minimum Gasteiger partial charge on any atom is -0.386 e. The SMILES string of the molecule is Cc1ccc(C2CC2C(=O)NCC(O)c2ccccc2F)s1. The summed E-state index contributed by atoms with van der Waals surface area (Å²) in [5.41, 5.74) is 0.212. The monoisotopic (exact) mass is 319 g/mol. The quantitative estimate of drug-likeness (QED) is 0.889. The Morgan fingerprint density at radius 1 is 1.41 bits per heavy atom. The molecular formula is C17H18FNO2S. The van der Waals surface area contributed by atoms with E-state index in [4.69, 9.17) is 0 Å². The molecule has 0 aliphatic heterocycles. The van der Waals surface area contributed by atoms with Crippen LogP contribution in [0.2, 0.25) is 0 Å². The maximum atomic E-state index is 13.5. The summed E-state index contributed by atoms with van der Waals surface area (Å²) in [6.07, 6.45) is -0.173. The number of hydrogen-bond donors (Lipinski definition) is 2. The van der Waals surface area contributed by atoms with E-state index in [1.54, 1.807) is 23.5 Å². The van der Waals surface area contributed by atoms with Crippen molar-refractivity contribution in [3.05, 3.63) is 57.5 Å². The highest BCUT2D eigenvalue weighted by molar-refractivity contribution is 7.12. The molecule has 1 aliphatic carbocycles. The molecule has 3 unspecified atom stereocenters. The molecule has 5 heteroatoms. The van der Waals surface area contributed by atoms with Gasteiger partial charge in [0.05, 0.1) is 6.10 Å². The minimum atomic E-state index is -1.02. The zero-order valence-electron chi connectivity index (χ0n) is 12.3. The fraction of sp³-hybridized carbons (Fsp3) is 0.353. The van der Waals surface area contributed by atoms with Gasteiger partial charge in [-0.1, -0.05) is 18.2 Å². The van der Waals surface area contributed by atoms with Crippen molar-refractivity contribution in [2.75, 3.05) is 6.54 Å². The van der Waals surface area contributed by atoms with Crippen molar-refractivity contribution >= 4 is 17.2 Å². The first-order valence-corrected chi connectivity index (χ1v) is 8.14. The summed E-state index contributed by atoms with van der Waals surface area (Å²) < 4.78 is 13.5. The third kappa shape index (κ3) is 3.20. The van der Waals surface area contributed by atoms with Gasteiger partial charge in [-0.3, -0.25) is 4.79 Å². The number of benzene rings is 1. The molecule has 1 aliphatic rings. The Bertz CT molecular complexity index is 685. The molecule has 22 heavy (non-hydrogen) atoms. The van der Waals surface area contributed by atoms with E-state index in [-0.39, 0.29) is 23.9 Å². The number of amides is 1. The van der Waals surface area contributed by atoms with Crippen molar-refractivity contribution in [2.24, 2.45) is 5.92 Å². The van der Waals surface area contributed by atoms with Crippen molar-refractivity contribution in [1.82, 2.24) is 5.32 Å². The van der Waals surface area contributed by atoms with E-state index in [0.29, 0.717) is 5.92 Å². The van der Waals surface area contributed by atoms with Crippen LogP contribution in [0.3, 0.4) is 0 Å². The number of halogens is 1.